The Morgan fingerprint density at radius 3 is 2.64 bits per heavy atom. The Kier molecular flexibility index (Phi) is 3.37. The van der Waals surface area contributed by atoms with Gasteiger partial charge in [0.25, 0.3) is 0 Å². The SMILES string of the molecule is CC(Br)C(O)c1ccc(Cl)s1. The van der Waals surface area contributed by atoms with Gasteiger partial charge in [-0.2, -0.15) is 0 Å². The minimum atomic E-state index is -0.451. The standard InChI is InChI=1S/C7H8BrClOS/c1-4(8)7(10)5-2-3-6(9)11-5/h2-4,7,10H,1H3. The monoisotopic (exact) mass is 254 g/mol. The van der Waals surface area contributed by atoms with Crippen LogP contribution in [0.25, 0.3) is 0 Å². The first-order chi connectivity index (χ1) is 5.11. The summed E-state index contributed by atoms with van der Waals surface area (Å²) in [5.41, 5.74) is 0. The van der Waals surface area contributed by atoms with Gasteiger partial charge in [-0.1, -0.05) is 27.5 Å². The number of hydrogen-bond donors (Lipinski definition) is 1. The van der Waals surface area contributed by atoms with Crippen molar-refractivity contribution in [2.75, 3.05) is 0 Å². The predicted molar refractivity (Wildman–Crippen MR) is 52.7 cm³/mol. The van der Waals surface area contributed by atoms with E-state index >= 15 is 0 Å². The molecule has 0 amide bonds. The minimum absolute atomic E-state index is 0.0669. The van der Waals surface area contributed by atoms with Gasteiger partial charge in [-0.25, -0.2) is 0 Å². The Morgan fingerprint density at radius 1 is 1.64 bits per heavy atom. The molecule has 0 fully saturated rings. The molecule has 11 heavy (non-hydrogen) atoms. The third-order valence-corrected chi connectivity index (χ3v) is 3.12. The molecular weight excluding hydrogens is 247 g/mol. The number of halogens is 2. The summed E-state index contributed by atoms with van der Waals surface area (Å²) >= 11 is 10.4. The molecule has 0 aliphatic heterocycles. The molecule has 1 aromatic rings. The van der Waals surface area contributed by atoms with Crippen LogP contribution in [0.5, 0.6) is 0 Å². The van der Waals surface area contributed by atoms with Gasteiger partial charge in [0, 0.05) is 9.70 Å². The van der Waals surface area contributed by atoms with Crippen molar-refractivity contribution in [2.45, 2.75) is 17.9 Å². The summed E-state index contributed by atoms with van der Waals surface area (Å²) in [6.07, 6.45) is -0.451. The average Bonchev–Trinajstić information content (AvgIpc) is 2.34. The highest BCUT2D eigenvalue weighted by atomic mass is 79.9. The molecule has 2 atom stereocenters. The molecule has 1 rings (SSSR count). The van der Waals surface area contributed by atoms with E-state index in [1.807, 2.05) is 13.0 Å². The third kappa shape index (κ3) is 2.44. The van der Waals surface area contributed by atoms with Crippen molar-refractivity contribution in [2.24, 2.45) is 0 Å². The van der Waals surface area contributed by atoms with Crippen molar-refractivity contribution in [1.29, 1.82) is 0 Å². The molecule has 0 radical (unpaired) electrons. The van der Waals surface area contributed by atoms with Crippen molar-refractivity contribution < 1.29 is 5.11 Å². The highest BCUT2D eigenvalue weighted by molar-refractivity contribution is 9.09. The fourth-order valence-corrected chi connectivity index (χ4v) is 2.33. The number of aliphatic hydroxyl groups is 1. The van der Waals surface area contributed by atoms with Crippen molar-refractivity contribution in [1.82, 2.24) is 0 Å². The summed E-state index contributed by atoms with van der Waals surface area (Å²) in [7, 11) is 0. The number of hydrogen-bond acceptors (Lipinski definition) is 2. The first-order valence-corrected chi connectivity index (χ1v) is 5.29. The molecule has 0 bridgehead atoms. The first kappa shape index (κ1) is 9.52. The van der Waals surface area contributed by atoms with E-state index in [2.05, 4.69) is 15.9 Å². The molecule has 1 nitrogen and oxygen atoms in total. The summed E-state index contributed by atoms with van der Waals surface area (Å²) in [5, 5.41) is 9.52. The summed E-state index contributed by atoms with van der Waals surface area (Å²) in [4.78, 5) is 0.969. The van der Waals surface area contributed by atoms with Crippen molar-refractivity contribution in [3.8, 4) is 0 Å². The molecule has 0 saturated carbocycles. The van der Waals surface area contributed by atoms with Gasteiger partial charge in [0.15, 0.2) is 0 Å². The number of alkyl halides is 1. The van der Waals surface area contributed by atoms with Crippen LogP contribution in [-0.2, 0) is 0 Å². The Labute approximate surface area is 83.1 Å². The largest absolute Gasteiger partial charge is 0.386 e. The van der Waals surface area contributed by atoms with Gasteiger partial charge in [-0.15, -0.1) is 11.3 Å². The van der Waals surface area contributed by atoms with Gasteiger partial charge in [0.05, 0.1) is 4.34 Å². The molecule has 0 saturated heterocycles. The van der Waals surface area contributed by atoms with Crippen LogP contribution in [0.1, 0.15) is 17.9 Å². The van der Waals surface area contributed by atoms with Gasteiger partial charge in [-0.3, -0.25) is 0 Å². The summed E-state index contributed by atoms with van der Waals surface area (Å²) in [5.74, 6) is 0. The Balaban J connectivity index is 2.76. The normalized spacial score (nSPS) is 16.4. The summed E-state index contributed by atoms with van der Waals surface area (Å²) in [6.45, 7) is 1.90. The highest BCUT2D eigenvalue weighted by Crippen LogP contribution is 2.30. The van der Waals surface area contributed by atoms with E-state index in [1.54, 1.807) is 6.07 Å². The van der Waals surface area contributed by atoms with E-state index in [9.17, 15) is 5.11 Å². The van der Waals surface area contributed by atoms with Crippen molar-refractivity contribution in [3.05, 3.63) is 21.3 Å². The second kappa shape index (κ2) is 3.90. The summed E-state index contributed by atoms with van der Waals surface area (Å²) in [6, 6.07) is 3.63. The maximum Gasteiger partial charge on any atom is 0.100 e. The molecule has 0 spiro atoms. The lowest BCUT2D eigenvalue weighted by molar-refractivity contribution is 0.185. The molecule has 1 aromatic heterocycles. The van der Waals surface area contributed by atoms with Crippen LogP contribution in [0, 0.1) is 0 Å². The van der Waals surface area contributed by atoms with Crippen LogP contribution >= 0.6 is 38.9 Å². The van der Waals surface area contributed by atoms with E-state index in [1.165, 1.54) is 11.3 Å². The maximum absolute atomic E-state index is 9.52. The fourth-order valence-electron chi connectivity index (χ4n) is 0.714. The number of aliphatic hydroxyl groups excluding tert-OH is 1. The number of thiophene rings is 1. The summed E-state index contributed by atoms with van der Waals surface area (Å²) < 4.78 is 0.715. The fraction of sp³-hybridized carbons (Fsp3) is 0.429. The lowest BCUT2D eigenvalue weighted by atomic mass is 10.2. The van der Waals surface area contributed by atoms with Crippen LogP contribution in [0.4, 0.5) is 0 Å². The van der Waals surface area contributed by atoms with Crippen LogP contribution in [0.3, 0.4) is 0 Å². The third-order valence-electron chi connectivity index (χ3n) is 1.32. The van der Waals surface area contributed by atoms with Crippen LogP contribution in [0.2, 0.25) is 4.34 Å². The Morgan fingerprint density at radius 2 is 2.27 bits per heavy atom. The average molecular weight is 256 g/mol. The molecule has 1 heterocycles. The molecule has 4 heteroatoms. The van der Waals surface area contributed by atoms with E-state index in [0.29, 0.717) is 4.34 Å². The lowest BCUT2D eigenvalue weighted by Crippen LogP contribution is -2.05. The van der Waals surface area contributed by atoms with Gasteiger partial charge in [0.2, 0.25) is 0 Å². The van der Waals surface area contributed by atoms with E-state index in [0.717, 1.165) is 4.88 Å². The van der Waals surface area contributed by atoms with E-state index in [4.69, 9.17) is 11.6 Å². The van der Waals surface area contributed by atoms with E-state index < -0.39 is 6.10 Å². The van der Waals surface area contributed by atoms with Gasteiger partial charge < -0.3 is 5.11 Å². The smallest absolute Gasteiger partial charge is 0.100 e. The van der Waals surface area contributed by atoms with E-state index in [-0.39, 0.29) is 4.83 Å². The van der Waals surface area contributed by atoms with Gasteiger partial charge >= 0.3 is 0 Å². The molecular formula is C7H8BrClOS. The molecule has 2 unspecified atom stereocenters. The molecule has 0 aromatic carbocycles. The quantitative estimate of drug-likeness (QED) is 0.805. The number of rotatable bonds is 2. The Hall–Kier alpha value is 0.430. The first-order valence-electron chi connectivity index (χ1n) is 3.18. The molecule has 0 aliphatic rings. The van der Waals surface area contributed by atoms with Crippen LogP contribution in [0.15, 0.2) is 12.1 Å². The zero-order valence-electron chi connectivity index (χ0n) is 5.92. The van der Waals surface area contributed by atoms with Gasteiger partial charge in [-0.05, 0) is 19.1 Å². The minimum Gasteiger partial charge on any atom is -0.386 e. The van der Waals surface area contributed by atoms with Gasteiger partial charge in [0.1, 0.15) is 6.10 Å². The zero-order valence-corrected chi connectivity index (χ0v) is 9.08. The molecule has 0 aliphatic carbocycles. The lowest BCUT2D eigenvalue weighted by Gasteiger charge is -2.09. The predicted octanol–water partition coefficient (Wildman–Crippen LogP) is 3.22. The van der Waals surface area contributed by atoms with Crippen molar-refractivity contribution >= 4 is 38.9 Å². The van der Waals surface area contributed by atoms with Crippen LogP contribution in [-0.4, -0.2) is 9.93 Å². The second-order valence-corrected chi connectivity index (χ2v) is 5.46. The molecule has 62 valence electrons. The Bertz CT molecular complexity index is 236. The second-order valence-electron chi connectivity index (χ2n) is 2.26. The zero-order chi connectivity index (χ0) is 8.43. The van der Waals surface area contributed by atoms with Crippen LogP contribution < -0.4 is 0 Å². The maximum atomic E-state index is 9.52. The molecule has 1 N–H and O–H groups in total. The highest BCUT2D eigenvalue weighted by Gasteiger charge is 2.14. The topological polar surface area (TPSA) is 20.2 Å². The van der Waals surface area contributed by atoms with Crippen molar-refractivity contribution in [3.63, 3.8) is 0 Å².